The molecular formula is C21H15F3N2O2. The van der Waals surface area contributed by atoms with Gasteiger partial charge in [0.2, 0.25) is 5.91 Å². The number of nitrogens with two attached hydrogens (primary N) is 1. The molecule has 0 aliphatic carbocycles. The predicted molar refractivity (Wildman–Crippen MR) is 100 cm³/mol. The minimum atomic E-state index is -2.96. The fourth-order valence-corrected chi connectivity index (χ4v) is 3.51. The number of hydrogen-bond acceptors (Lipinski definition) is 2. The standard InChI is InChI=1S/C21H15F3N2O2/c22-13-8-9-14-17(10-13)26(16-6-3-5-15(19(14)16)20(25)27)11-12-4-1-2-7-18(12)28-21(23)24/h1-10,21H,11H2,(H2,25,27). The molecule has 0 aliphatic rings. The van der Waals surface area contributed by atoms with Crippen molar-refractivity contribution in [2.45, 2.75) is 13.2 Å². The van der Waals surface area contributed by atoms with E-state index in [1.165, 1.54) is 18.2 Å². The number of halogens is 3. The first-order valence-electron chi connectivity index (χ1n) is 8.48. The molecule has 2 N–H and O–H groups in total. The van der Waals surface area contributed by atoms with Crippen LogP contribution >= 0.6 is 0 Å². The molecule has 1 aromatic heterocycles. The Morgan fingerprint density at radius 2 is 1.82 bits per heavy atom. The highest BCUT2D eigenvalue weighted by Crippen LogP contribution is 2.34. The van der Waals surface area contributed by atoms with Crippen molar-refractivity contribution >= 4 is 27.7 Å². The summed E-state index contributed by atoms with van der Waals surface area (Å²) in [6.45, 7) is -2.81. The lowest BCUT2D eigenvalue weighted by Gasteiger charge is -2.13. The van der Waals surface area contributed by atoms with Gasteiger partial charge in [-0.25, -0.2) is 4.39 Å². The molecule has 4 aromatic rings. The molecule has 0 aliphatic heterocycles. The van der Waals surface area contributed by atoms with Gasteiger partial charge in [-0.1, -0.05) is 24.3 Å². The van der Waals surface area contributed by atoms with Crippen molar-refractivity contribution in [2.75, 3.05) is 0 Å². The van der Waals surface area contributed by atoms with Gasteiger partial charge in [-0.2, -0.15) is 8.78 Å². The largest absolute Gasteiger partial charge is 0.434 e. The van der Waals surface area contributed by atoms with Crippen LogP contribution in [0.2, 0.25) is 0 Å². The van der Waals surface area contributed by atoms with Gasteiger partial charge in [0.05, 0.1) is 17.6 Å². The summed E-state index contributed by atoms with van der Waals surface area (Å²) in [6, 6.07) is 15.7. The highest BCUT2D eigenvalue weighted by molar-refractivity contribution is 6.17. The minimum Gasteiger partial charge on any atom is -0.434 e. The van der Waals surface area contributed by atoms with Crippen molar-refractivity contribution in [1.82, 2.24) is 4.57 Å². The van der Waals surface area contributed by atoms with Gasteiger partial charge in [0.15, 0.2) is 0 Å². The smallest absolute Gasteiger partial charge is 0.387 e. The monoisotopic (exact) mass is 384 g/mol. The number of alkyl halides is 2. The van der Waals surface area contributed by atoms with E-state index in [4.69, 9.17) is 5.73 Å². The molecule has 1 amide bonds. The third-order valence-corrected chi connectivity index (χ3v) is 4.64. The molecule has 28 heavy (non-hydrogen) atoms. The molecule has 142 valence electrons. The molecule has 0 spiro atoms. The number of primary amides is 1. The van der Waals surface area contributed by atoms with Crippen molar-refractivity contribution in [3.8, 4) is 5.75 Å². The molecule has 0 saturated carbocycles. The second-order valence-electron chi connectivity index (χ2n) is 6.30. The van der Waals surface area contributed by atoms with Crippen LogP contribution in [-0.2, 0) is 6.54 Å². The van der Waals surface area contributed by atoms with Gasteiger partial charge in [-0.05, 0) is 36.4 Å². The summed E-state index contributed by atoms with van der Waals surface area (Å²) in [5.41, 5.74) is 7.49. The summed E-state index contributed by atoms with van der Waals surface area (Å²) in [7, 11) is 0. The lowest BCUT2D eigenvalue weighted by Crippen LogP contribution is -2.11. The number of para-hydroxylation sites is 1. The van der Waals surface area contributed by atoms with E-state index < -0.39 is 18.3 Å². The van der Waals surface area contributed by atoms with Crippen LogP contribution in [0.15, 0.2) is 60.7 Å². The third-order valence-electron chi connectivity index (χ3n) is 4.64. The summed E-state index contributed by atoms with van der Waals surface area (Å²) in [5, 5.41) is 1.25. The van der Waals surface area contributed by atoms with Crippen LogP contribution in [-0.4, -0.2) is 17.1 Å². The maximum Gasteiger partial charge on any atom is 0.387 e. The summed E-state index contributed by atoms with van der Waals surface area (Å²) in [4.78, 5) is 11.9. The lowest BCUT2D eigenvalue weighted by molar-refractivity contribution is -0.0504. The molecule has 0 radical (unpaired) electrons. The number of carbonyl (C=O) groups excluding carboxylic acids is 1. The number of amides is 1. The molecule has 1 heterocycles. The van der Waals surface area contributed by atoms with E-state index in [2.05, 4.69) is 4.74 Å². The highest BCUT2D eigenvalue weighted by atomic mass is 19.3. The number of nitrogens with zero attached hydrogens (tertiary/aromatic N) is 1. The molecule has 4 rings (SSSR count). The van der Waals surface area contributed by atoms with Gasteiger partial charge in [0.25, 0.3) is 0 Å². The maximum atomic E-state index is 14.0. The Morgan fingerprint density at radius 1 is 1.04 bits per heavy atom. The van der Waals surface area contributed by atoms with E-state index in [1.54, 1.807) is 47.0 Å². The Bertz CT molecular complexity index is 1200. The van der Waals surface area contributed by atoms with E-state index >= 15 is 0 Å². The number of fused-ring (bicyclic) bond motifs is 3. The van der Waals surface area contributed by atoms with Crippen LogP contribution in [0.25, 0.3) is 21.8 Å². The van der Waals surface area contributed by atoms with Crippen LogP contribution in [0.5, 0.6) is 5.75 Å². The fraction of sp³-hybridized carbons (Fsp3) is 0.0952. The van der Waals surface area contributed by atoms with E-state index in [0.29, 0.717) is 32.9 Å². The number of ether oxygens (including phenoxy) is 1. The molecule has 7 heteroatoms. The molecule has 0 unspecified atom stereocenters. The van der Waals surface area contributed by atoms with Gasteiger partial charge in [-0.15, -0.1) is 0 Å². The minimum absolute atomic E-state index is 0.0370. The van der Waals surface area contributed by atoms with Gasteiger partial charge >= 0.3 is 6.61 Å². The van der Waals surface area contributed by atoms with E-state index in [0.717, 1.165) is 0 Å². The topological polar surface area (TPSA) is 57.2 Å². The van der Waals surface area contributed by atoms with Crippen molar-refractivity contribution in [3.05, 3.63) is 77.6 Å². The zero-order valence-corrected chi connectivity index (χ0v) is 14.5. The Kier molecular flexibility index (Phi) is 4.43. The van der Waals surface area contributed by atoms with Gasteiger partial charge in [0, 0.05) is 21.9 Å². The van der Waals surface area contributed by atoms with Crippen LogP contribution in [0.1, 0.15) is 15.9 Å². The molecular weight excluding hydrogens is 369 g/mol. The number of benzene rings is 3. The quantitative estimate of drug-likeness (QED) is 0.543. The van der Waals surface area contributed by atoms with Crippen molar-refractivity contribution in [1.29, 1.82) is 0 Å². The first-order chi connectivity index (χ1) is 13.5. The summed E-state index contributed by atoms with van der Waals surface area (Å²) in [6.07, 6.45) is 0. The summed E-state index contributed by atoms with van der Waals surface area (Å²) >= 11 is 0. The Balaban J connectivity index is 1.98. The van der Waals surface area contributed by atoms with Crippen LogP contribution in [0.4, 0.5) is 13.2 Å². The lowest BCUT2D eigenvalue weighted by atomic mass is 10.1. The average Bonchev–Trinajstić information content (AvgIpc) is 2.96. The van der Waals surface area contributed by atoms with Crippen molar-refractivity contribution < 1.29 is 22.7 Å². The van der Waals surface area contributed by atoms with E-state index in [1.807, 2.05) is 0 Å². The molecule has 0 fully saturated rings. The van der Waals surface area contributed by atoms with Crippen LogP contribution < -0.4 is 10.5 Å². The summed E-state index contributed by atoms with van der Waals surface area (Å²) in [5.74, 6) is -1.01. The number of rotatable bonds is 5. The van der Waals surface area contributed by atoms with E-state index in [9.17, 15) is 18.0 Å². The molecule has 0 saturated heterocycles. The van der Waals surface area contributed by atoms with Gasteiger partial charge in [-0.3, -0.25) is 4.79 Å². The zero-order chi connectivity index (χ0) is 19.8. The highest BCUT2D eigenvalue weighted by Gasteiger charge is 2.18. The van der Waals surface area contributed by atoms with Crippen molar-refractivity contribution in [3.63, 3.8) is 0 Å². The molecule has 0 bridgehead atoms. The first-order valence-corrected chi connectivity index (χ1v) is 8.48. The normalized spacial score (nSPS) is 11.4. The summed E-state index contributed by atoms with van der Waals surface area (Å²) < 4.78 is 45.8. The second-order valence-corrected chi connectivity index (χ2v) is 6.30. The second kappa shape index (κ2) is 6.92. The number of aromatic nitrogens is 1. The molecule has 3 aromatic carbocycles. The number of carbonyl (C=O) groups is 1. The molecule has 4 nitrogen and oxygen atoms in total. The van der Waals surface area contributed by atoms with Gasteiger partial charge < -0.3 is 15.0 Å². The van der Waals surface area contributed by atoms with Crippen LogP contribution in [0.3, 0.4) is 0 Å². The Labute approximate surface area is 157 Å². The third kappa shape index (κ3) is 3.05. The molecule has 0 atom stereocenters. The Hall–Kier alpha value is -3.48. The van der Waals surface area contributed by atoms with Gasteiger partial charge in [0.1, 0.15) is 11.6 Å². The number of hydrogen-bond donors (Lipinski definition) is 1. The SMILES string of the molecule is NC(=O)c1cccc2c1c1ccc(F)cc1n2Cc1ccccc1OC(F)F. The fourth-order valence-electron chi connectivity index (χ4n) is 3.51. The first kappa shape index (κ1) is 17.9. The van der Waals surface area contributed by atoms with Crippen LogP contribution in [0, 0.1) is 5.82 Å². The predicted octanol–water partition coefficient (Wildman–Crippen LogP) is 4.68. The zero-order valence-electron chi connectivity index (χ0n) is 14.5. The Morgan fingerprint density at radius 3 is 2.57 bits per heavy atom. The maximum absolute atomic E-state index is 14.0. The van der Waals surface area contributed by atoms with E-state index in [-0.39, 0.29) is 12.3 Å². The average molecular weight is 384 g/mol. The van der Waals surface area contributed by atoms with Crippen molar-refractivity contribution in [2.24, 2.45) is 5.73 Å².